The normalized spacial score (nSPS) is 21.9. The van der Waals surface area contributed by atoms with Gasteiger partial charge in [-0.3, -0.25) is 4.79 Å². The van der Waals surface area contributed by atoms with E-state index < -0.39 is 6.10 Å². The molecular weight excluding hydrogens is 318 g/mol. The maximum Gasteiger partial charge on any atom is 0.321 e. The summed E-state index contributed by atoms with van der Waals surface area (Å²) in [7, 11) is 0. The van der Waals surface area contributed by atoms with Crippen molar-refractivity contribution in [1.82, 2.24) is 9.80 Å². The number of urea groups is 1. The molecule has 0 spiro atoms. The van der Waals surface area contributed by atoms with Crippen molar-refractivity contribution in [2.45, 2.75) is 38.7 Å². The summed E-state index contributed by atoms with van der Waals surface area (Å²) in [5.74, 6) is 0.749. The van der Waals surface area contributed by atoms with E-state index in [4.69, 9.17) is 0 Å². The lowest BCUT2D eigenvalue weighted by Crippen LogP contribution is -2.44. The minimum Gasteiger partial charge on any atom is -0.391 e. The van der Waals surface area contributed by atoms with Gasteiger partial charge >= 0.3 is 6.03 Å². The minimum atomic E-state index is -0.438. The number of likely N-dealkylation sites (tertiary alicyclic amines) is 2. The lowest BCUT2D eigenvalue weighted by atomic mass is 9.98. The molecule has 1 atom stereocenters. The van der Waals surface area contributed by atoms with E-state index in [1.54, 1.807) is 29.2 Å². The number of nitrogens with one attached hydrogen (secondary N) is 1. The van der Waals surface area contributed by atoms with Crippen LogP contribution in [0.15, 0.2) is 24.3 Å². The molecule has 2 saturated heterocycles. The van der Waals surface area contributed by atoms with Crippen LogP contribution < -0.4 is 5.32 Å². The van der Waals surface area contributed by atoms with Gasteiger partial charge in [-0.05, 0) is 55.9 Å². The van der Waals surface area contributed by atoms with Crippen LogP contribution in [0.3, 0.4) is 0 Å². The standard InChI is InChI=1S/C19H27N3O3/c1-14-8-11-21(12-9-14)18(24)15-4-6-16(7-5-15)20-19(25)22-10-2-3-17(23)13-22/h4-7,14,17,23H,2-3,8-13H2,1H3,(H,20,25)/t17-/m0/s1. The van der Waals surface area contributed by atoms with Crippen LogP contribution in [0.4, 0.5) is 10.5 Å². The van der Waals surface area contributed by atoms with Crippen molar-refractivity contribution in [2.24, 2.45) is 5.92 Å². The van der Waals surface area contributed by atoms with Gasteiger partial charge in [0.2, 0.25) is 0 Å². The molecule has 0 aliphatic carbocycles. The molecule has 0 unspecified atom stereocenters. The smallest absolute Gasteiger partial charge is 0.321 e. The number of anilines is 1. The Labute approximate surface area is 148 Å². The van der Waals surface area contributed by atoms with Crippen molar-refractivity contribution in [3.63, 3.8) is 0 Å². The SMILES string of the molecule is CC1CCN(C(=O)c2ccc(NC(=O)N3CCC[C@H](O)C3)cc2)CC1. The maximum atomic E-state index is 12.5. The Balaban J connectivity index is 1.56. The molecular formula is C19H27N3O3. The van der Waals surface area contributed by atoms with Crippen molar-refractivity contribution < 1.29 is 14.7 Å². The fourth-order valence-electron chi connectivity index (χ4n) is 3.43. The lowest BCUT2D eigenvalue weighted by Gasteiger charge is -2.30. The average molecular weight is 345 g/mol. The van der Waals surface area contributed by atoms with Gasteiger partial charge in [0.15, 0.2) is 0 Å². The third kappa shape index (κ3) is 4.51. The zero-order valence-corrected chi connectivity index (χ0v) is 14.8. The van der Waals surface area contributed by atoms with Gasteiger partial charge in [0.05, 0.1) is 6.10 Å². The van der Waals surface area contributed by atoms with E-state index in [0.717, 1.165) is 38.8 Å². The van der Waals surface area contributed by atoms with Gasteiger partial charge in [-0.15, -0.1) is 0 Å². The number of carbonyl (C=O) groups is 2. The predicted octanol–water partition coefficient (Wildman–Crippen LogP) is 2.55. The van der Waals surface area contributed by atoms with E-state index in [0.29, 0.717) is 30.3 Å². The molecule has 2 heterocycles. The van der Waals surface area contributed by atoms with Crippen molar-refractivity contribution in [3.05, 3.63) is 29.8 Å². The number of nitrogens with zero attached hydrogens (tertiary/aromatic N) is 2. The average Bonchev–Trinajstić information content (AvgIpc) is 2.62. The highest BCUT2D eigenvalue weighted by molar-refractivity contribution is 5.95. The molecule has 0 radical (unpaired) electrons. The Bertz CT molecular complexity index is 609. The van der Waals surface area contributed by atoms with Crippen LogP contribution in [0.5, 0.6) is 0 Å². The summed E-state index contributed by atoms with van der Waals surface area (Å²) >= 11 is 0. The number of aliphatic hydroxyl groups is 1. The number of hydrogen-bond acceptors (Lipinski definition) is 3. The first-order valence-electron chi connectivity index (χ1n) is 9.16. The fourth-order valence-corrected chi connectivity index (χ4v) is 3.43. The van der Waals surface area contributed by atoms with Gasteiger partial charge < -0.3 is 20.2 Å². The van der Waals surface area contributed by atoms with Crippen LogP contribution in [-0.4, -0.2) is 59.1 Å². The number of piperidine rings is 2. The summed E-state index contributed by atoms with van der Waals surface area (Å²) < 4.78 is 0. The van der Waals surface area contributed by atoms with E-state index in [2.05, 4.69) is 12.2 Å². The Morgan fingerprint density at radius 1 is 1.04 bits per heavy atom. The van der Waals surface area contributed by atoms with E-state index in [9.17, 15) is 14.7 Å². The first kappa shape index (κ1) is 17.7. The van der Waals surface area contributed by atoms with Gasteiger partial charge in [-0.2, -0.15) is 0 Å². The van der Waals surface area contributed by atoms with Crippen LogP contribution in [0.2, 0.25) is 0 Å². The van der Waals surface area contributed by atoms with E-state index in [1.807, 2.05) is 4.90 Å². The Morgan fingerprint density at radius 2 is 1.72 bits per heavy atom. The monoisotopic (exact) mass is 345 g/mol. The molecule has 6 heteroatoms. The first-order chi connectivity index (χ1) is 12.0. The van der Waals surface area contributed by atoms with Gasteiger partial charge in [-0.1, -0.05) is 6.92 Å². The summed E-state index contributed by atoms with van der Waals surface area (Å²) in [6.07, 6.45) is 3.24. The maximum absolute atomic E-state index is 12.5. The first-order valence-corrected chi connectivity index (χ1v) is 9.16. The van der Waals surface area contributed by atoms with Gasteiger partial charge in [0.25, 0.3) is 5.91 Å². The second kappa shape index (κ2) is 7.87. The fraction of sp³-hybridized carbons (Fsp3) is 0.579. The molecule has 1 aromatic carbocycles. The molecule has 1 aromatic rings. The molecule has 2 aliphatic rings. The summed E-state index contributed by atoms with van der Waals surface area (Å²) in [5.41, 5.74) is 1.31. The molecule has 25 heavy (non-hydrogen) atoms. The van der Waals surface area contributed by atoms with Crippen molar-refractivity contribution in [3.8, 4) is 0 Å². The van der Waals surface area contributed by atoms with Crippen molar-refractivity contribution in [1.29, 1.82) is 0 Å². The molecule has 3 amide bonds. The highest BCUT2D eigenvalue weighted by Crippen LogP contribution is 2.19. The Morgan fingerprint density at radius 3 is 2.36 bits per heavy atom. The molecule has 3 rings (SSSR count). The topological polar surface area (TPSA) is 72.9 Å². The van der Waals surface area contributed by atoms with Gasteiger partial charge in [0.1, 0.15) is 0 Å². The molecule has 0 aromatic heterocycles. The molecule has 0 bridgehead atoms. The zero-order valence-electron chi connectivity index (χ0n) is 14.8. The largest absolute Gasteiger partial charge is 0.391 e. The second-order valence-electron chi connectivity index (χ2n) is 7.22. The molecule has 6 nitrogen and oxygen atoms in total. The van der Waals surface area contributed by atoms with Crippen molar-refractivity contribution >= 4 is 17.6 Å². The quantitative estimate of drug-likeness (QED) is 0.865. The van der Waals surface area contributed by atoms with Crippen LogP contribution in [0.1, 0.15) is 43.0 Å². The van der Waals surface area contributed by atoms with Crippen molar-refractivity contribution in [2.75, 3.05) is 31.5 Å². The summed E-state index contributed by atoms with van der Waals surface area (Å²) in [4.78, 5) is 28.3. The summed E-state index contributed by atoms with van der Waals surface area (Å²) in [6, 6.07) is 6.85. The third-order valence-corrected chi connectivity index (χ3v) is 5.14. The number of hydrogen-bond donors (Lipinski definition) is 2. The predicted molar refractivity (Wildman–Crippen MR) is 96.6 cm³/mol. The zero-order chi connectivity index (χ0) is 17.8. The number of benzene rings is 1. The molecule has 136 valence electrons. The molecule has 2 fully saturated rings. The van der Waals surface area contributed by atoms with Crippen LogP contribution >= 0.6 is 0 Å². The second-order valence-corrected chi connectivity index (χ2v) is 7.22. The molecule has 2 N–H and O–H groups in total. The number of carbonyl (C=O) groups excluding carboxylic acids is 2. The minimum absolute atomic E-state index is 0.0592. The van der Waals surface area contributed by atoms with E-state index >= 15 is 0 Å². The Kier molecular flexibility index (Phi) is 5.58. The Hall–Kier alpha value is -2.08. The lowest BCUT2D eigenvalue weighted by molar-refractivity contribution is 0.0697. The number of rotatable bonds is 2. The number of β-amino-alcohol motifs (C(OH)–C–C–N with tert-alkyl or cyclic N) is 1. The van der Waals surface area contributed by atoms with Crippen LogP contribution in [-0.2, 0) is 0 Å². The van der Waals surface area contributed by atoms with Crippen LogP contribution in [0, 0.1) is 5.92 Å². The van der Waals surface area contributed by atoms with E-state index in [1.165, 1.54) is 0 Å². The summed E-state index contributed by atoms with van der Waals surface area (Å²) in [6.45, 7) is 4.88. The summed E-state index contributed by atoms with van der Waals surface area (Å²) in [5, 5.41) is 12.5. The number of aliphatic hydroxyl groups excluding tert-OH is 1. The van der Waals surface area contributed by atoms with Gasteiger partial charge in [-0.25, -0.2) is 4.79 Å². The van der Waals surface area contributed by atoms with Crippen LogP contribution in [0.25, 0.3) is 0 Å². The van der Waals surface area contributed by atoms with E-state index in [-0.39, 0.29) is 11.9 Å². The van der Waals surface area contributed by atoms with Gasteiger partial charge in [0, 0.05) is 37.4 Å². The third-order valence-electron chi connectivity index (χ3n) is 5.14. The molecule has 2 aliphatic heterocycles. The highest BCUT2D eigenvalue weighted by Gasteiger charge is 2.23. The molecule has 0 saturated carbocycles. The number of amides is 3. The highest BCUT2D eigenvalue weighted by atomic mass is 16.3.